The molecule has 0 amide bonds. The monoisotopic (exact) mass is 234 g/mol. The number of aryl methyl sites for hydroxylation is 1. The Hall–Kier alpha value is -1.32. The molecule has 1 aromatic carbocycles. The highest BCUT2D eigenvalue weighted by atomic mass is 32.1. The highest BCUT2D eigenvalue weighted by Crippen LogP contribution is 2.28. The SMILES string of the molecule is COc1ccc(C(O)c2ccsc2C)cc1. The van der Waals surface area contributed by atoms with Crippen molar-refractivity contribution in [1.82, 2.24) is 0 Å². The van der Waals surface area contributed by atoms with Crippen molar-refractivity contribution >= 4 is 11.3 Å². The van der Waals surface area contributed by atoms with E-state index in [0.717, 1.165) is 21.8 Å². The van der Waals surface area contributed by atoms with Gasteiger partial charge in [-0.2, -0.15) is 0 Å². The van der Waals surface area contributed by atoms with E-state index in [1.165, 1.54) is 0 Å². The van der Waals surface area contributed by atoms with Crippen molar-refractivity contribution in [2.24, 2.45) is 0 Å². The minimum Gasteiger partial charge on any atom is -0.497 e. The molecule has 0 fully saturated rings. The second kappa shape index (κ2) is 4.68. The van der Waals surface area contributed by atoms with Crippen molar-refractivity contribution in [3.63, 3.8) is 0 Å². The molecule has 2 nitrogen and oxygen atoms in total. The van der Waals surface area contributed by atoms with Crippen LogP contribution in [0.2, 0.25) is 0 Å². The summed E-state index contributed by atoms with van der Waals surface area (Å²) < 4.78 is 5.08. The number of thiophene rings is 1. The van der Waals surface area contributed by atoms with E-state index < -0.39 is 6.10 Å². The summed E-state index contributed by atoms with van der Waals surface area (Å²) in [4.78, 5) is 1.16. The van der Waals surface area contributed by atoms with Gasteiger partial charge in [0, 0.05) is 4.88 Å². The van der Waals surface area contributed by atoms with E-state index in [1.54, 1.807) is 18.4 Å². The molecule has 84 valence electrons. The fourth-order valence-electron chi connectivity index (χ4n) is 1.64. The Morgan fingerprint density at radius 2 is 1.88 bits per heavy atom. The average Bonchev–Trinajstić information content (AvgIpc) is 2.75. The Bertz CT molecular complexity index is 459. The highest BCUT2D eigenvalue weighted by molar-refractivity contribution is 7.10. The van der Waals surface area contributed by atoms with Crippen LogP contribution in [-0.4, -0.2) is 12.2 Å². The standard InChI is InChI=1S/C13H14O2S/c1-9-12(7-8-16-9)13(14)10-3-5-11(15-2)6-4-10/h3-8,13-14H,1-2H3. The van der Waals surface area contributed by atoms with Gasteiger partial charge in [0.2, 0.25) is 0 Å². The van der Waals surface area contributed by atoms with Gasteiger partial charge in [0.15, 0.2) is 0 Å². The Morgan fingerprint density at radius 1 is 1.19 bits per heavy atom. The first kappa shape index (κ1) is 11.2. The molecular weight excluding hydrogens is 220 g/mol. The van der Waals surface area contributed by atoms with Gasteiger partial charge < -0.3 is 9.84 Å². The largest absolute Gasteiger partial charge is 0.497 e. The van der Waals surface area contributed by atoms with Gasteiger partial charge >= 0.3 is 0 Å². The zero-order valence-corrected chi connectivity index (χ0v) is 10.1. The van der Waals surface area contributed by atoms with Crippen LogP contribution < -0.4 is 4.74 Å². The van der Waals surface area contributed by atoms with Gasteiger partial charge in [0.1, 0.15) is 11.9 Å². The van der Waals surface area contributed by atoms with Gasteiger partial charge in [-0.25, -0.2) is 0 Å². The van der Waals surface area contributed by atoms with E-state index in [-0.39, 0.29) is 0 Å². The lowest BCUT2D eigenvalue weighted by Crippen LogP contribution is -1.99. The zero-order valence-electron chi connectivity index (χ0n) is 9.31. The molecule has 0 radical (unpaired) electrons. The van der Waals surface area contributed by atoms with Crippen LogP contribution in [0, 0.1) is 6.92 Å². The van der Waals surface area contributed by atoms with Crippen molar-refractivity contribution in [2.45, 2.75) is 13.0 Å². The molecule has 0 aliphatic heterocycles. The van der Waals surface area contributed by atoms with E-state index in [0.29, 0.717) is 0 Å². The average molecular weight is 234 g/mol. The fraction of sp³-hybridized carbons (Fsp3) is 0.231. The summed E-state index contributed by atoms with van der Waals surface area (Å²) in [6.07, 6.45) is -0.544. The first-order chi connectivity index (χ1) is 7.72. The van der Waals surface area contributed by atoms with Crippen molar-refractivity contribution in [3.05, 3.63) is 51.7 Å². The number of aliphatic hydroxyl groups is 1. The third kappa shape index (κ3) is 2.10. The topological polar surface area (TPSA) is 29.5 Å². The quantitative estimate of drug-likeness (QED) is 0.884. The molecule has 2 rings (SSSR count). The summed E-state index contributed by atoms with van der Waals surface area (Å²) in [5.41, 5.74) is 1.87. The zero-order chi connectivity index (χ0) is 11.5. The van der Waals surface area contributed by atoms with Crippen molar-refractivity contribution in [3.8, 4) is 5.75 Å². The second-order valence-corrected chi connectivity index (χ2v) is 4.73. The number of ether oxygens (including phenoxy) is 1. The molecule has 0 bridgehead atoms. The van der Waals surface area contributed by atoms with Crippen LogP contribution in [0.1, 0.15) is 22.1 Å². The van der Waals surface area contributed by atoms with Gasteiger partial charge in [-0.05, 0) is 41.6 Å². The molecule has 1 N–H and O–H groups in total. The van der Waals surface area contributed by atoms with Crippen molar-refractivity contribution in [1.29, 1.82) is 0 Å². The van der Waals surface area contributed by atoms with Gasteiger partial charge in [0.05, 0.1) is 7.11 Å². The Morgan fingerprint density at radius 3 is 2.38 bits per heavy atom. The molecule has 0 spiro atoms. The molecule has 16 heavy (non-hydrogen) atoms. The van der Waals surface area contributed by atoms with E-state index in [4.69, 9.17) is 4.74 Å². The summed E-state index contributed by atoms with van der Waals surface area (Å²) in [6, 6.07) is 9.47. The smallest absolute Gasteiger partial charge is 0.118 e. The number of hydrogen-bond donors (Lipinski definition) is 1. The molecule has 0 saturated heterocycles. The van der Waals surface area contributed by atoms with Crippen molar-refractivity contribution < 1.29 is 9.84 Å². The number of aliphatic hydroxyl groups excluding tert-OH is 1. The van der Waals surface area contributed by atoms with Crippen LogP contribution in [0.3, 0.4) is 0 Å². The summed E-state index contributed by atoms with van der Waals surface area (Å²) in [5.74, 6) is 0.804. The van der Waals surface area contributed by atoms with Gasteiger partial charge in [-0.3, -0.25) is 0 Å². The molecule has 0 aliphatic rings. The van der Waals surface area contributed by atoms with E-state index in [2.05, 4.69) is 0 Å². The molecule has 0 aliphatic carbocycles. The van der Waals surface area contributed by atoms with Crippen LogP contribution in [0.25, 0.3) is 0 Å². The minimum absolute atomic E-state index is 0.544. The van der Waals surface area contributed by atoms with Crippen molar-refractivity contribution in [2.75, 3.05) is 7.11 Å². The molecule has 3 heteroatoms. The first-order valence-corrected chi connectivity index (χ1v) is 5.96. The normalized spacial score (nSPS) is 12.4. The Kier molecular flexibility index (Phi) is 3.27. The maximum absolute atomic E-state index is 10.2. The molecule has 1 heterocycles. The Balaban J connectivity index is 2.27. The minimum atomic E-state index is -0.544. The lowest BCUT2D eigenvalue weighted by Gasteiger charge is -2.11. The summed E-state index contributed by atoms with van der Waals surface area (Å²) in [7, 11) is 1.63. The van der Waals surface area contributed by atoms with Gasteiger partial charge in [-0.1, -0.05) is 12.1 Å². The van der Waals surface area contributed by atoms with Crippen LogP contribution in [0.15, 0.2) is 35.7 Å². The fourth-order valence-corrected chi connectivity index (χ4v) is 2.38. The van der Waals surface area contributed by atoms with E-state index in [9.17, 15) is 5.11 Å². The number of hydrogen-bond acceptors (Lipinski definition) is 3. The van der Waals surface area contributed by atoms with Crippen LogP contribution in [0.5, 0.6) is 5.75 Å². The molecule has 2 aromatic rings. The highest BCUT2D eigenvalue weighted by Gasteiger charge is 2.13. The second-order valence-electron chi connectivity index (χ2n) is 3.61. The maximum atomic E-state index is 10.2. The third-order valence-corrected chi connectivity index (χ3v) is 3.49. The maximum Gasteiger partial charge on any atom is 0.118 e. The number of benzene rings is 1. The molecule has 1 aromatic heterocycles. The Labute approximate surface area is 99.1 Å². The van der Waals surface area contributed by atoms with Crippen LogP contribution >= 0.6 is 11.3 Å². The molecule has 1 atom stereocenters. The predicted octanol–water partition coefficient (Wildman–Crippen LogP) is 3.15. The first-order valence-electron chi connectivity index (χ1n) is 5.08. The predicted molar refractivity (Wildman–Crippen MR) is 66.1 cm³/mol. The lowest BCUT2D eigenvalue weighted by molar-refractivity contribution is 0.220. The molecule has 1 unspecified atom stereocenters. The number of rotatable bonds is 3. The summed E-state index contributed by atoms with van der Waals surface area (Å²) in [6.45, 7) is 2.02. The molecule has 0 saturated carbocycles. The third-order valence-electron chi connectivity index (χ3n) is 2.63. The van der Waals surface area contributed by atoms with Gasteiger partial charge in [-0.15, -0.1) is 11.3 Å². The van der Waals surface area contributed by atoms with E-state index >= 15 is 0 Å². The van der Waals surface area contributed by atoms with E-state index in [1.807, 2.05) is 42.6 Å². The van der Waals surface area contributed by atoms with Crippen LogP contribution in [0.4, 0.5) is 0 Å². The van der Waals surface area contributed by atoms with Crippen LogP contribution in [-0.2, 0) is 0 Å². The summed E-state index contributed by atoms with van der Waals surface area (Å²) >= 11 is 1.65. The van der Waals surface area contributed by atoms with Gasteiger partial charge in [0.25, 0.3) is 0 Å². The summed E-state index contributed by atoms with van der Waals surface area (Å²) in [5, 5.41) is 12.2. The number of methoxy groups -OCH3 is 1. The molecular formula is C13H14O2S. The lowest BCUT2D eigenvalue weighted by atomic mass is 10.0.